The van der Waals surface area contributed by atoms with E-state index < -0.39 is 6.10 Å². The molecule has 1 aliphatic rings. The van der Waals surface area contributed by atoms with Crippen LogP contribution < -0.4 is 4.90 Å². The van der Waals surface area contributed by atoms with Crippen molar-refractivity contribution in [2.45, 2.75) is 19.4 Å². The summed E-state index contributed by atoms with van der Waals surface area (Å²) in [5, 5.41) is 9.43. The smallest absolute Gasteiger partial charge is 0.241 e. The third kappa shape index (κ3) is 2.79. The average Bonchev–Trinajstić information content (AvgIpc) is 2.52. The van der Waals surface area contributed by atoms with Crippen LogP contribution in [-0.4, -0.2) is 47.6 Å². The van der Waals surface area contributed by atoms with Crippen molar-refractivity contribution in [3.8, 4) is 0 Å². The van der Waals surface area contributed by atoms with Gasteiger partial charge in [0.15, 0.2) is 0 Å². The van der Waals surface area contributed by atoms with Crippen LogP contribution in [0.3, 0.4) is 0 Å². The van der Waals surface area contributed by atoms with Crippen LogP contribution in [0.2, 0.25) is 0 Å². The number of likely N-dealkylation sites (N-methyl/N-ethyl adjacent to an activating group) is 1. The monoisotopic (exact) mass is 249 g/mol. The van der Waals surface area contributed by atoms with Gasteiger partial charge in [0.05, 0.1) is 12.6 Å². The number of aromatic nitrogens is 1. The topological polar surface area (TPSA) is 56.7 Å². The van der Waals surface area contributed by atoms with Crippen LogP contribution in [0.4, 0.5) is 5.82 Å². The van der Waals surface area contributed by atoms with Crippen LogP contribution in [-0.2, 0) is 4.79 Å². The number of carbonyl (C=O) groups is 1. The molecule has 1 saturated heterocycles. The number of pyridine rings is 1. The Morgan fingerprint density at radius 3 is 2.78 bits per heavy atom. The van der Waals surface area contributed by atoms with Crippen molar-refractivity contribution in [3.05, 3.63) is 23.9 Å². The molecule has 2 heterocycles. The fraction of sp³-hybridized carbons (Fsp3) is 0.538. The number of nitrogens with zero attached hydrogens (tertiary/aromatic N) is 3. The molecule has 0 unspecified atom stereocenters. The number of anilines is 1. The molecule has 1 amide bonds. The number of hydrogen-bond acceptors (Lipinski definition) is 4. The molecule has 1 aromatic rings. The first kappa shape index (κ1) is 12.8. The molecule has 0 spiro atoms. The fourth-order valence-corrected chi connectivity index (χ4v) is 2.01. The molecule has 0 radical (unpaired) electrons. The summed E-state index contributed by atoms with van der Waals surface area (Å²) >= 11 is 0. The molecule has 2 rings (SSSR count). The Hall–Kier alpha value is -1.62. The second-order valence-corrected chi connectivity index (χ2v) is 4.72. The quantitative estimate of drug-likeness (QED) is 0.842. The minimum absolute atomic E-state index is 0.119. The SMILES string of the molecule is C[C@@H](O)c1ccc(N2CCCN(C)C(=O)C2)nc1. The minimum atomic E-state index is -0.511. The molecule has 1 aromatic heterocycles. The lowest BCUT2D eigenvalue weighted by Gasteiger charge is -2.21. The van der Waals surface area contributed by atoms with Crippen molar-refractivity contribution in [2.75, 3.05) is 31.6 Å². The van der Waals surface area contributed by atoms with E-state index >= 15 is 0 Å². The van der Waals surface area contributed by atoms with Gasteiger partial charge >= 0.3 is 0 Å². The third-order valence-corrected chi connectivity index (χ3v) is 3.25. The van der Waals surface area contributed by atoms with Crippen LogP contribution in [0.1, 0.15) is 25.0 Å². The zero-order valence-corrected chi connectivity index (χ0v) is 10.8. The van der Waals surface area contributed by atoms with E-state index in [1.54, 1.807) is 18.0 Å². The van der Waals surface area contributed by atoms with Crippen molar-refractivity contribution in [1.82, 2.24) is 9.88 Å². The molecule has 0 aromatic carbocycles. The lowest BCUT2D eigenvalue weighted by atomic mass is 10.2. The highest BCUT2D eigenvalue weighted by Gasteiger charge is 2.19. The number of aliphatic hydroxyl groups excluding tert-OH is 1. The Morgan fingerprint density at radius 1 is 1.39 bits per heavy atom. The molecule has 18 heavy (non-hydrogen) atoms. The normalized spacial score (nSPS) is 18.7. The van der Waals surface area contributed by atoms with Gasteiger partial charge in [0.2, 0.25) is 5.91 Å². The highest BCUT2D eigenvalue weighted by atomic mass is 16.3. The molecule has 5 nitrogen and oxygen atoms in total. The van der Waals surface area contributed by atoms with Gasteiger partial charge in [-0.25, -0.2) is 4.98 Å². The summed E-state index contributed by atoms with van der Waals surface area (Å²) < 4.78 is 0. The van der Waals surface area contributed by atoms with E-state index in [1.165, 1.54) is 0 Å². The second kappa shape index (κ2) is 5.35. The first-order chi connectivity index (χ1) is 8.58. The third-order valence-electron chi connectivity index (χ3n) is 3.25. The average molecular weight is 249 g/mol. The first-order valence-corrected chi connectivity index (χ1v) is 6.21. The Labute approximate surface area is 107 Å². The van der Waals surface area contributed by atoms with Crippen LogP contribution in [0, 0.1) is 0 Å². The summed E-state index contributed by atoms with van der Waals surface area (Å²) in [6.07, 6.45) is 2.10. The maximum absolute atomic E-state index is 11.8. The standard InChI is InChI=1S/C13H19N3O2/c1-10(17)11-4-5-12(14-8-11)16-7-3-6-15(2)13(18)9-16/h4-5,8,10,17H,3,6-7,9H2,1-2H3/t10-/m1/s1. The number of carbonyl (C=O) groups excluding carboxylic acids is 1. The van der Waals surface area contributed by atoms with Crippen molar-refractivity contribution < 1.29 is 9.90 Å². The summed E-state index contributed by atoms with van der Waals surface area (Å²) in [5.41, 5.74) is 0.789. The van der Waals surface area contributed by atoms with E-state index in [2.05, 4.69) is 4.98 Å². The van der Waals surface area contributed by atoms with Crippen molar-refractivity contribution in [2.24, 2.45) is 0 Å². The van der Waals surface area contributed by atoms with Gasteiger partial charge in [-0.2, -0.15) is 0 Å². The minimum Gasteiger partial charge on any atom is -0.389 e. The Balaban J connectivity index is 2.13. The van der Waals surface area contributed by atoms with Gasteiger partial charge in [0.25, 0.3) is 0 Å². The van der Waals surface area contributed by atoms with E-state index in [1.807, 2.05) is 24.1 Å². The maximum Gasteiger partial charge on any atom is 0.241 e. The molecule has 5 heteroatoms. The summed E-state index contributed by atoms with van der Waals surface area (Å²) in [7, 11) is 1.83. The van der Waals surface area contributed by atoms with Gasteiger partial charge in [-0.05, 0) is 25.0 Å². The highest BCUT2D eigenvalue weighted by molar-refractivity contribution is 5.81. The molecule has 0 bridgehead atoms. The van der Waals surface area contributed by atoms with Gasteiger partial charge < -0.3 is 14.9 Å². The van der Waals surface area contributed by atoms with Gasteiger partial charge in [-0.1, -0.05) is 6.07 Å². The number of aliphatic hydroxyl groups is 1. The summed E-state index contributed by atoms with van der Waals surface area (Å²) in [4.78, 5) is 19.8. The highest BCUT2D eigenvalue weighted by Crippen LogP contribution is 2.17. The predicted octanol–water partition coefficient (Wildman–Crippen LogP) is 0.803. The van der Waals surface area contributed by atoms with Crippen molar-refractivity contribution in [3.63, 3.8) is 0 Å². The molecule has 1 atom stereocenters. The Morgan fingerprint density at radius 2 is 2.17 bits per heavy atom. The predicted molar refractivity (Wildman–Crippen MR) is 69.3 cm³/mol. The van der Waals surface area contributed by atoms with Gasteiger partial charge in [-0.3, -0.25) is 4.79 Å². The number of rotatable bonds is 2. The second-order valence-electron chi connectivity index (χ2n) is 4.72. The lowest BCUT2D eigenvalue weighted by molar-refractivity contribution is -0.127. The first-order valence-electron chi connectivity index (χ1n) is 6.21. The van der Waals surface area contributed by atoms with Crippen molar-refractivity contribution in [1.29, 1.82) is 0 Å². The summed E-state index contributed by atoms with van der Waals surface area (Å²) in [6.45, 7) is 3.71. The van der Waals surface area contributed by atoms with Crippen LogP contribution >= 0.6 is 0 Å². The Bertz CT molecular complexity index is 417. The van der Waals surface area contributed by atoms with E-state index in [9.17, 15) is 9.90 Å². The van der Waals surface area contributed by atoms with Gasteiger partial charge in [0, 0.05) is 26.3 Å². The van der Waals surface area contributed by atoms with Crippen molar-refractivity contribution >= 4 is 11.7 Å². The summed E-state index contributed by atoms with van der Waals surface area (Å²) in [6, 6.07) is 3.72. The molecular weight excluding hydrogens is 230 g/mol. The summed E-state index contributed by atoms with van der Waals surface area (Å²) in [5.74, 6) is 0.914. The molecule has 98 valence electrons. The molecule has 0 aliphatic carbocycles. The zero-order chi connectivity index (χ0) is 13.1. The molecule has 1 aliphatic heterocycles. The van der Waals surface area contributed by atoms with E-state index in [0.717, 1.165) is 30.9 Å². The number of amides is 1. The lowest BCUT2D eigenvalue weighted by Crippen LogP contribution is -2.34. The van der Waals surface area contributed by atoms with E-state index in [-0.39, 0.29) is 5.91 Å². The largest absolute Gasteiger partial charge is 0.389 e. The molecule has 1 N–H and O–H groups in total. The van der Waals surface area contributed by atoms with E-state index in [4.69, 9.17) is 0 Å². The van der Waals surface area contributed by atoms with Crippen LogP contribution in [0.5, 0.6) is 0 Å². The van der Waals surface area contributed by atoms with Gasteiger partial charge in [0.1, 0.15) is 5.82 Å². The molecular formula is C13H19N3O2. The van der Waals surface area contributed by atoms with Crippen LogP contribution in [0.25, 0.3) is 0 Å². The maximum atomic E-state index is 11.8. The number of hydrogen-bond donors (Lipinski definition) is 1. The fourth-order valence-electron chi connectivity index (χ4n) is 2.01. The van der Waals surface area contributed by atoms with Crippen LogP contribution in [0.15, 0.2) is 18.3 Å². The van der Waals surface area contributed by atoms with E-state index in [0.29, 0.717) is 6.54 Å². The zero-order valence-electron chi connectivity index (χ0n) is 10.8. The Kier molecular flexibility index (Phi) is 3.81. The molecule has 1 fully saturated rings. The molecule has 0 saturated carbocycles. The van der Waals surface area contributed by atoms with Gasteiger partial charge in [-0.15, -0.1) is 0 Å².